The maximum Gasteiger partial charge on any atom is 0.227 e. The molecule has 1 aromatic carbocycles. The van der Waals surface area contributed by atoms with E-state index >= 15 is 0 Å². The van der Waals surface area contributed by atoms with Gasteiger partial charge in [0.05, 0.1) is 5.69 Å². The van der Waals surface area contributed by atoms with Gasteiger partial charge in [-0.25, -0.2) is 0 Å². The van der Waals surface area contributed by atoms with Gasteiger partial charge in [-0.05, 0) is 66.1 Å². The number of anilines is 1. The van der Waals surface area contributed by atoms with Gasteiger partial charge in [-0.15, -0.1) is 0 Å². The molecule has 0 spiro atoms. The predicted octanol–water partition coefficient (Wildman–Crippen LogP) is 4.52. The van der Waals surface area contributed by atoms with Crippen LogP contribution in [0, 0.1) is 18.8 Å². The van der Waals surface area contributed by atoms with Crippen molar-refractivity contribution in [2.75, 3.05) is 5.32 Å². The molecule has 0 radical (unpaired) electrons. The van der Waals surface area contributed by atoms with Crippen LogP contribution in [0.4, 0.5) is 5.69 Å². The zero-order chi connectivity index (χ0) is 13.1. The smallest absolute Gasteiger partial charge is 0.227 e. The van der Waals surface area contributed by atoms with Gasteiger partial charge in [-0.2, -0.15) is 0 Å². The Bertz CT molecular complexity index is 436. The van der Waals surface area contributed by atoms with Gasteiger partial charge in [0.2, 0.25) is 5.91 Å². The van der Waals surface area contributed by atoms with Gasteiger partial charge >= 0.3 is 0 Å². The molecule has 0 atom stereocenters. The number of hydrogen-bond acceptors (Lipinski definition) is 1. The molecule has 0 aromatic heterocycles. The fourth-order valence-corrected chi connectivity index (χ4v) is 2.86. The van der Waals surface area contributed by atoms with Gasteiger partial charge in [0, 0.05) is 10.4 Å². The van der Waals surface area contributed by atoms with E-state index in [0.717, 1.165) is 34.5 Å². The molecule has 1 fully saturated rings. The van der Waals surface area contributed by atoms with Gasteiger partial charge < -0.3 is 5.32 Å². The largest absolute Gasteiger partial charge is 0.325 e. The summed E-state index contributed by atoms with van der Waals surface area (Å²) in [6, 6.07) is 5.95. The van der Waals surface area contributed by atoms with Crippen LogP contribution in [0.15, 0.2) is 22.7 Å². The first kappa shape index (κ1) is 13.6. The third-order valence-electron chi connectivity index (χ3n) is 3.84. The number of hydrogen-bond donors (Lipinski definition) is 1. The topological polar surface area (TPSA) is 29.1 Å². The number of nitrogens with one attached hydrogen (secondary N) is 1. The van der Waals surface area contributed by atoms with E-state index in [2.05, 4.69) is 28.2 Å². The van der Waals surface area contributed by atoms with Gasteiger partial charge in [-0.3, -0.25) is 4.79 Å². The molecular weight excluding hydrogens is 290 g/mol. The summed E-state index contributed by atoms with van der Waals surface area (Å²) >= 11 is 3.53. The fraction of sp³-hybridized carbons (Fsp3) is 0.533. The van der Waals surface area contributed by atoms with Crippen molar-refractivity contribution in [2.24, 2.45) is 11.8 Å². The van der Waals surface area contributed by atoms with Crippen LogP contribution < -0.4 is 5.32 Å². The summed E-state index contributed by atoms with van der Waals surface area (Å²) in [7, 11) is 0. The van der Waals surface area contributed by atoms with Crippen LogP contribution in [0.1, 0.15) is 38.2 Å². The quantitative estimate of drug-likeness (QED) is 0.855. The molecule has 0 saturated heterocycles. The Labute approximate surface area is 117 Å². The SMILES string of the molecule is Cc1cccc(NC(=O)C2CCC(C)CC2)c1Br. The average Bonchev–Trinajstić information content (AvgIpc) is 2.36. The zero-order valence-electron chi connectivity index (χ0n) is 11.0. The molecule has 1 amide bonds. The highest BCUT2D eigenvalue weighted by molar-refractivity contribution is 9.10. The fourth-order valence-electron chi connectivity index (χ4n) is 2.50. The third kappa shape index (κ3) is 3.14. The minimum atomic E-state index is 0.174. The predicted molar refractivity (Wildman–Crippen MR) is 78.6 cm³/mol. The van der Waals surface area contributed by atoms with Gasteiger partial charge in [0.1, 0.15) is 0 Å². The first-order valence-electron chi connectivity index (χ1n) is 6.64. The summed E-state index contributed by atoms with van der Waals surface area (Å²) in [5, 5.41) is 3.05. The average molecular weight is 310 g/mol. The van der Waals surface area contributed by atoms with E-state index in [1.807, 2.05) is 25.1 Å². The van der Waals surface area contributed by atoms with Crippen molar-refractivity contribution in [3.8, 4) is 0 Å². The number of halogens is 1. The van der Waals surface area contributed by atoms with Crippen LogP contribution in [-0.4, -0.2) is 5.91 Å². The van der Waals surface area contributed by atoms with Crippen molar-refractivity contribution in [1.29, 1.82) is 0 Å². The van der Waals surface area contributed by atoms with E-state index in [0.29, 0.717) is 0 Å². The molecule has 98 valence electrons. The summed E-state index contributed by atoms with van der Waals surface area (Å²) < 4.78 is 0.988. The van der Waals surface area contributed by atoms with E-state index in [9.17, 15) is 4.79 Å². The zero-order valence-corrected chi connectivity index (χ0v) is 12.6. The maximum atomic E-state index is 12.2. The lowest BCUT2D eigenvalue weighted by atomic mass is 9.82. The highest BCUT2D eigenvalue weighted by Gasteiger charge is 2.24. The van der Waals surface area contributed by atoms with Crippen LogP contribution in [-0.2, 0) is 4.79 Å². The lowest BCUT2D eigenvalue weighted by molar-refractivity contribution is -0.121. The van der Waals surface area contributed by atoms with Crippen LogP contribution in [0.5, 0.6) is 0 Å². The number of amides is 1. The molecule has 2 rings (SSSR count). The number of rotatable bonds is 2. The van der Waals surface area contributed by atoms with E-state index in [-0.39, 0.29) is 11.8 Å². The Hall–Kier alpha value is -0.830. The van der Waals surface area contributed by atoms with Crippen molar-refractivity contribution in [1.82, 2.24) is 0 Å². The normalized spacial score (nSPS) is 23.7. The molecule has 0 heterocycles. The molecule has 0 aliphatic heterocycles. The Morgan fingerprint density at radius 1 is 1.28 bits per heavy atom. The molecular formula is C15H20BrNO. The van der Waals surface area contributed by atoms with Gasteiger partial charge in [-0.1, -0.05) is 19.1 Å². The maximum absolute atomic E-state index is 12.2. The van der Waals surface area contributed by atoms with Crippen molar-refractivity contribution < 1.29 is 4.79 Å². The van der Waals surface area contributed by atoms with E-state index < -0.39 is 0 Å². The second-order valence-electron chi connectivity index (χ2n) is 5.38. The Morgan fingerprint density at radius 3 is 2.61 bits per heavy atom. The van der Waals surface area contributed by atoms with Crippen molar-refractivity contribution >= 4 is 27.5 Å². The van der Waals surface area contributed by atoms with Crippen molar-refractivity contribution in [3.05, 3.63) is 28.2 Å². The molecule has 0 bridgehead atoms. The molecule has 1 aliphatic rings. The molecule has 1 aliphatic carbocycles. The molecule has 0 unspecified atom stereocenters. The highest BCUT2D eigenvalue weighted by atomic mass is 79.9. The lowest BCUT2D eigenvalue weighted by Crippen LogP contribution is -2.26. The molecule has 3 heteroatoms. The van der Waals surface area contributed by atoms with Crippen LogP contribution in [0.2, 0.25) is 0 Å². The lowest BCUT2D eigenvalue weighted by Gasteiger charge is -2.25. The summed E-state index contributed by atoms with van der Waals surface area (Å²) in [5.41, 5.74) is 2.03. The second kappa shape index (κ2) is 5.87. The third-order valence-corrected chi connectivity index (χ3v) is 4.89. The Balaban J connectivity index is 2.01. The van der Waals surface area contributed by atoms with E-state index in [1.165, 1.54) is 12.8 Å². The van der Waals surface area contributed by atoms with Crippen LogP contribution in [0.3, 0.4) is 0 Å². The molecule has 18 heavy (non-hydrogen) atoms. The Morgan fingerprint density at radius 2 is 1.94 bits per heavy atom. The van der Waals surface area contributed by atoms with Crippen LogP contribution in [0.25, 0.3) is 0 Å². The highest BCUT2D eigenvalue weighted by Crippen LogP contribution is 2.31. The summed E-state index contributed by atoms with van der Waals surface area (Å²) in [6.45, 7) is 4.30. The number of carbonyl (C=O) groups excluding carboxylic acids is 1. The Kier molecular flexibility index (Phi) is 4.44. The second-order valence-corrected chi connectivity index (χ2v) is 6.18. The monoisotopic (exact) mass is 309 g/mol. The van der Waals surface area contributed by atoms with Crippen LogP contribution >= 0.6 is 15.9 Å². The molecule has 1 aromatic rings. The van der Waals surface area contributed by atoms with Crippen molar-refractivity contribution in [2.45, 2.75) is 39.5 Å². The van der Waals surface area contributed by atoms with Gasteiger partial charge in [0.15, 0.2) is 0 Å². The molecule has 1 saturated carbocycles. The molecule has 2 nitrogen and oxygen atoms in total. The van der Waals surface area contributed by atoms with Gasteiger partial charge in [0.25, 0.3) is 0 Å². The summed E-state index contributed by atoms with van der Waals surface area (Å²) in [6.07, 6.45) is 4.40. The first-order chi connectivity index (χ1) is 8.58. The first-order valence-corrected chi connectivity index (χ1v) is 7.43. The number of aryl methyl sites for hydroxylation is 1. The molecule has 1 N–H and O–H groups in total. The number of benzene rings is 1. The number of carbonyl (C=O) groups is 1. The van der Waals surface area contributed by atoms with E-state index in [1.54, 1.807) is 0 Å². The summed E-state index contributed by atoms with van der Waals surface area (Å²) in [5.74, 6) is 1.14. The minimum Gasteiger partial charge on any atom is -0.325 e. The summed E-state index contributed by atoms with van der Waals surface area (Å²) in [4.78, 5) is 12.2. The van der Waals surface area contributed by atoms with Crippen molar-refractivity contribution in [3.63, 3.8) is 0 Å². The van der Waals surface area contributed by atoms with E-state index in [4.69, 9.17) is 0 Å². The minimum absolute atomic E-state index is 0.174. The standard InChI is InChI=1S/C15H20BrNO/c1-10-6-8-12(9-7-10)15(18)17-13-5-3-4-11(2)14(13)16/h3-5,10,12H,6-9H2,1-2H3,(H,17,18).